The van der Waals surface area contributed by atoms with E-state index >= 15 is 0 Å². The molecule has 0 saturated heterocycles. The molecule has 2 N–H and O–H groups in total. The average Bonchev–Trinajstić information content (AvgIpc) is 2.33. The minimum Gasteiger partial charge on any atom is -0.394 e. The maximum Gasteiger partial charge on any atom is 0.146 e. The highest BCUT2D eigenvalue weighted by Gasteiger charge is 2.38. The topological polar surface area (TPSA) is 68.2 Å². The van der Waals surface area contributed by atoms with E-state index in [1.165, 1.54) is 14.2 Å². The van der Waals surface area contributed by atoms with Crippen molar-refractivity contribution >= 4 is 0 Å². The van der Waals surface area contributed by atoms with Gasteiger partial charge in [-0.3, -0.25) is 0 Å². The first kappa shape index (κ1) is 16.5. The average molecular weight is 248 g/mol. The van der Waals surface area contributed by atoms with Gasteiger partial charge in [-0.15, -0.1) is 6.58 Å². The quantitative estimate of drug-likeness (QED) is 0.461. The fourth-order valence-corrected chi connectivity index (χ4v) is 1.63. The van der Waals surface area contributed by atoms with E-state index in [0.717, 1.165) is 0 Å². The number of ether oxygens (including phenoxy) is 3. The Morgan fingerprint density at radius 1 is 1.35 bits per heavy atom. The largest absolute Gasteiger partial charge is 0.394 e. The van der Waals surface area contributed by atoms with Crippen LogP contribution in [0.1, 0.15) is 13.8 Å². The molecule has 0 bridgehead atoms. The first-order chi connectivity index (χ1) is 7.94. The van der Waals surface area contributed by atoms with E-state index in [2.05, 4.69) is 6.58 Å². The number of hydrogen-bond acceptors (Lipinski definition) is 5. The highest BCUT2D eigenvalue weighted by Crippen LogP contribution is 2.29. The Labute approximate surface area is 103 Å². The van der Waals surface area contributed by atoms with Crippen LogP contribution in [0.4, 0.5) is 0 Å². The van der Waals surface area contributed by atoms with Gasteiger partial charge in [-0.2, -0.15) is 0 Å². The van der Waals surface area contributed by atoms with Crippen molar-refractivity contribution in [1.29, 1.82) is 0 Å². The third-order valence-electron chi connectivity index (χ3n) is 2.76. The second-order valence-electron chi connectivity index (χ2n) is 4.47. The molecule has 5 nitrogen and oxygen atoms in total. The summed E-state index contributed by atoms with van der Waals surface area (Å²) in [5.41, 5.74) is -0.399. The van der Waals surface area contributed by atoms with Gasteiger partial charge in [0.25, 0.3) is 0 Å². The van der Waals surface area contributed by atoms with Crippen molar-refractivity contribution < 1.29 is 24.4 Å². The number of methoxy groups -OCH3 is 2. The second-order valence-corrected chi connectivity index (χ2v) is 4.47. The molecule has 0 aliphatic carbocycles. The van der Waals surface area contributed by atoms with Crippen LogP contribution in [0.2, 0.25) is 0 Å². The van der Waals surface area contributed by atoms with Crippen molar-refractivity contribution in [3.05, 3.63) is 12.7 Å². The molecule has 17 heavy (non-hydrogen) atoms. The fourth-order valence-electron chi connectivity index (χ4n) is 1.63. The van der Waals surface area contributed by atoms with E-state index in [-0.39, 0.29) is 6.79 Å². The predicted molar refractivity (Wildman–Crippen MR) is 64.6 cm³/mol. The molecule has 0 saturated carbocycles. The molecule has 0 heterocycles. The molecule has 0 aliphatic heterocycles. The number of aliphatic hydroxyl groups is 2. The first-order valence-electron chi connectivity index (χ1n) is 5.50. The van der Waals surface area contributed by atoms with Gasteiger partial charge >= 0.3 is 0 Å². The minimum absolute atomic E-state index is 0.0226. The standard InChI is InChI=1S/C12H24O5/c1-6-12(2,3)11(16-5)10(9(14)7-13)17-8-15-4/h6,9-11,13-14H,1,7-8H2,2-5H3/t9-,10+,11-/m1/s1. The summed E-state index contributed by atoms with van der Waals surface area (Å²) in [7, 11) is 3.02. The number of hydrogen-bond donors (Lipinski definition) is 2. The zero-order valence-corrected chi connectivity index (χ0v) is 11.0. The smallest absolute Gasteiger partial charge is 0.146 e. The number of aliphatic hydroxyl groups excluding tert-OH is 2. The normalized spacial score (nSPS) is 17.5. The lowest BCUT2D eigenvalue weighted by atomic mass is 9.82. The Balaban J connectivity index is 4.89. The third-order valence-corrected chi connectivity index (χ3v) is 2.76. The van der Waals surface area contributed by atoms with Gasteiger partial charge in [0.15, 0.2) is 0 Å². The summed E-state index contributed by atoms with van der Waals surface area (Å²) in [5, 5.41) is 18.8. The van der Waals surface area contributed by atoms with Gasteiger partial charge in [0.1, 0.15) is 19.0 Å². The van der Waals surface area contributed by atoms with Crippen LogP contribution < -0.4 is 0 Å². The SMILES string of the molecule is C=CC(C)(C)[C@H](OC)[C@@H](OCOC)[C@H](O)CO. The van der Waals surface area contributed by atoms with E-state index in [4.69, 9.17) is 19.3 Å². The van der Waals surface area contributed by atoms with E-state index < -0.39 is 30.3 Å². The molecular formula is C12H24O5. The lowest BCUT2D eigenvalue weighted by Crippen LogP contribution is -2.49. The van der Waals surface area contributed by atoms with Crippen molar-refractivity contribution in [2.75, 3.05) is 27.6 Å². The van der Waals surface area contributed by atoms with Gasteiger partial charge in [-0.05, 0) is 0 Å². The summed E-state index contributed by atoms with van der Waals surface area (Å²) in [5.74, 6) is 0. The van der Waals surface area contributed by atoms with Crippen LogP contribution in [-0.2, 0) is 14.2 Å². The molecule has 5 heteroatoms. The summed E-state index contributed by atoms with van der Waals surface area (Å²) < 4.78 is 15.6. The van der Waals surface area contributed by atoms with Gasteiger partial charge in [-0.25, -0.2) is 0 Å². The Morgan fingerprint density at radius 2 is 1.94 bits per heavy atom. The van der Waals surface area contributed by atoms with Crippen molar-refractivity contribution in [1.82, 2.24) is 0 Å². The molecular weight excluding hydrogens is 224 g/mol. The van der Waals surface area contributed by atoms with Crippen LogP contribution in [0, 0.1) is 5.41 Å². The van der Waals surface area contributed by atoms with Gasteiger partial charge in [0.05, 0.1) is 12.7 Å². The predicted octanol–water partition coefficient (Wildman–Crippen LogP) is 0.556. The molecule has 0 aromatic rings. The summed E-state index contributed by atoms with van der Waals surface area (Å²) >= 11 is 0. The number of rotatable bonds is 9. The van der Waals surface area contributed by atoms with Gasteiger partial charge in [-0.1, -0.05) is 19.9 Å². The van der Waals surface area contributed by atoms with Crippen LogP contribution in [-0.4, -0.2) is 56.1 Å². The summed E-state index contributed by atoms with van der Waals surface area (Å²) in [4.78, 5) is 0. The maximum absolute atomic E-state index is 9.76. The monoisotopic (exact) mass is 248 g/mol. The van der Waals surface area contributed by atoms with E-state index in [0.29, 0.717) is 0 Å². The Bertz CT molecular complexity index is 217. The molecule has 0 unspecified atom stereocenters. The van der Waals surface area contributed by atoms with Gasteiger partial charge in [0.2, 0.25) is 0 Å². The molecule has 0 aliphatic rings. The third kappa shape index (κ3) is 4.73. The minimum atomic E-state index is -1.03. The van der Waals surface area contributed by atoms with Crippen LogP contribution in [0.15, 0.2) is 12.7 Å². The van der Waals surface area contributed by atoms with Crippen LogP contribution in [0.25, 0.3) is 0 Å². The van der Waals surface area contributed by atoms with Crippen molar-refractivity contribution in [2.24, 2.45) is 5.41 Å². The van der Waals surface area contributed by atoms with Crippen molar-refractivity contribution in [2.45, 2.75) is 32.2 Å². The summed E-state index contributed by atoms with van der Waals surface area (Å²) in [6, 6.07) is 0. The molecule has 0 aromatic heterocycles. The molecule has 0 amide bonds. The molecule has 0 radical (unpaired) electrons. The molecule has 0 rings (SSSR count). The van der Waals surface area contributed by atoms with Gasteiger partial charge in [0, 0.05) is 19.6 Å². The second kappa shape index (κ2) is 7.79. The lowest BCUT2D eigenvalue weighted by Gasteiger charge is -2.37. The summed E-state index contributed by atoms with van der Waals surface area (Å²) in [6.07, 6.45) is -0.418. The van der Waals surface area contributed by atoms with Gasteiger partial charge < -0.3 is 24.4 Å². The molecule has 0 spiro atoms. The first-order valence-corrected chi connectivity index (χ1v) is 5.50. The molecule has 0 aromatic carbocycles. The Morgan fingerprint density at radius 3 is 2.29 bits per heavy atom. The Kier molecular flexibility index (Phi) is 7.58. The summed E-state index contributed by atoms with van der Waals surface area (Å²) in [6.45, 7) is 7.20. The van der Waals surface area contributed by atoms with E-state index in [9.17, 15) is 5.11 Å². The van der Waals surface area contributed by atoms with E-state index in [1.54, 1.807) is 6.08 Å². The molecule has 0 fully saturated rings. The zero-order chi connectivity index (χ0) is 13.5. The zero-order valence-electron chi connectivity index (χ0n) is 11.0. The lowest BCUT2D eigenvalue weighted by molar-refractivity contribution is -0.181. The maximum atomic E-state index is 9.76. The van der Waals surface area contributed by atoms with Crippen molar-refractivity contribution in [3.8, 4) is 0 Å². The van der Waals surface area contributed by atoms with Crippen LogP contribution in [0.3, 0.4) is 0 Å². The molecule has 3 atom stereocenters. The highest BCUT2D eigenvalue weighted by atomic mass is 16.7. The molecule has 102 valence electrons. The van der Waals surface area contributed by atoms with Crippen LogP contribution >= 0.6 is 0 Å². The fraction of sp³-hybridized carbons (Fsp3) is 0.833. The highest BCUT2D eigenvalue weighted by molar-refractivity contribution is 4.99. The van der Waals surface area contributed by atoms with Crippen LogP contribution in [0.5, 0.6) is 0 Å². The Hall–Kier alpha value is -0.460. The van der Waals surface area contributed by atoms with Crippen molar-refractivity contribution in [3.63, 3.8) is 0 Å². The van der Waals surface area contributed by atoms with E-state index in [1.807, 2.05) is 13.8 Å².